The van der Waals surface area contributed by atoms with Crippen molar-refractivity contribution < 1.29 is 0 Å². The standard InChI is InChI=1S/C24H25N3/c1-4-27-23(25-3)11-10-19-13-20(12-17(2)24(19)27)22-14-21(15-26-16-22)18-8-6-5-7-9-18/h5-9,12-16H,4,10-11H2,1-3H3. The van der Waals surface area contributed by atoms with Crippen molar-refractivity contribution in [2.24, 2.45) is 4.99 Å². The van der Waals surface area contributed by atoms with E-state index in [2.05, 4.69) is 71.2 Å². The Labute approximate surface area is 161 Å². The van der Waals surface area contributed by atoms with E-state index in [1.807, 2.05) is 25.5 Å². The molecular weight excluding hydrogens is 330 g/mol. The summed E-state index contributed by atoms with van der Waals surface area (Å²) in [5.74, 6) is 1.19. The van der Waals surface area contributed by atoms with Gasteiger partial charge in [0.25, 0.3) is 0 Å². The first-order valence-corrected chi connectivity index (χ1v) is 9.58. The highest BCUT2D eigenvalue weighted by molar-refractivity contribution is 6.01. The van der Waals surface area contributed by atoms with Gasteiger partial charge in [-0.15, -0.1) is 0 Å². The molecule has 0 bridgehead atoms. The minimum absolute atomic E-state index is 0.949. The Morgan fingerprint density at radius 1 is 0.926 bits per heavy atom. The van der Waals surface area contributed by atoms with E-state index in [1.165, 1.54) is 39.3 Å². The van der Waals surface area contributed by atoms with E-state index >= 15 is 0 Å². The molecule has 3 nitrogen and oxygen atoms in total. The van der Waals surface area contributed by atoms with Crippen molar-refractivity contribution in [1.29, 1.82) is 0 Å². The fourth-order valence-electron chi connectivity index (χ4n) is 4.07. The van der Waals surface area contributed by atoms with Crippen molar-refractivity contribution in [2.75, 3.05) is 18.5 Å². The van der Waals surface area contributed by atoms with E-state index in [-0.39, 0.29) is 0 Å². The molecule has 3 heteroatoms. The number of benzene rings is 2. The summed E-state index contributed by atoms with van der Waals surface area (Å²) in [6, 6.07) is 17.3. The highest BCUT2D eigenvalue weighted by Crippen LogP contribution is 2.36. The molecule has 0 saturated carbocycles. The van der Waals surface area contributed by atoms with Crippen LogP contribution in [0.15, 0.2) is 65.9 Å². The van der Waals surface area contributed by atoms with Crippen molar-refractivity contribution in [3.05, 3.63) is 72.1 Å². The molecule has 4 rings (SSSR count). The van der Waals surface area contributed by atoms with Crippen LogP contribution in [0.1, 0.15) is 24.5 Å². The highest BCUT2D eigenvalue weighted by atomic mass is 15.2. The molecule has 1 aromatic heterocycles. The second kappa shape index (κ2) is 7.36. The summed E-state index contributed by atoms with van der Waals surface area (Å²) < 4.78 is 0. The third-order valence-electron chi connectivity index (χ3n) is 5.33. The Morgan fingerprint density at radius 3 is 2.37 bits per heavy atom. The number of rotatable bonds is 3. The van der Waals surface area contributed by atoms with Crippen LogP contribution in [0.3, 0.4) is 0 Å². The monoisotopic (exact) mass is 355 g/mol. The quantitative estimate of drug-likeness (QED) is 0.618. The number of hydrogen-bond donors (Lipinski definition) is 0. The zero-order chi connectivity index (χ0) is 18.8. The number of anilines is 1. The molecule has 0 fully saturated rings. The molecule has 0 saturated heterocycles. The fraction of sp³-hybridized carbons (Fsp3) is 0.250. The number of fused-ring (bicyclic) bond motifs is 1. The van der Waals surface area contributed by atoms with Crippen molar-refractivity contribution in [3.63, 3.8) is 0 Å². The predicted octanol–water partition coefficient (Wildman–Crippen LogP) is 5.52. The van der Waals surface area contributed by atoms with Gasteiger partial charge in [0.1, 0.15) is 5.84 Å². The number of amidine groups is 1. The Bertz CT molecular complexity index is 990. The fourth-order valence-corrected chi connectivity index (χ4v) is 4.07. The molecule has 2 heterocycles. The smallest absolute Gasteiger partial charge is 0.103 e. The molecule has 136 valence electrons. The van der Waals surface area contributed by atoms with Gasteiger partial charge in [-0.2, -0.15) is 0 Å². The van der Waals surface area contributed by atoms with Crippen LogP contribution in [0.4, 0.5) is 5.69 Å². The highest BCUT2D eigenvalue weighted by Gasteiger charge is 2.23. The molecule has 2 aromatic carbocycles. The normalized spacial score (nSPS) is 15.1. The van der Waals surface area contributed by atoms with Crippen LogP contribution in [-0.4, -0.2) is 24.4 Å². The molecule has 27 heavy (non-hydrogen) atoms. The largest absolute Gasteiger partial charge is 0.330 e. The second-order valence-corrected chi connectivity index (χ2v) is 7.01. The van der Waals surface area contributed by atoms with E-state index in [4.69, 9.17) is 0 Å². The molecule has 1 aliphatic rings. The van der Waals surface area contributed by atoms with Gasteiger partial charge in [-0.25, -0.2) is 0 Å². The van der Waals surface area contributed by atoms with Crippen LogP contribution in [0.5, 0.6) is 0 Å². The average molecular weight is 355 g/mol. The summed E-state index contributed by atoms with van der Waals surface area (Å²) in [5, 5.41) is 0. The molecule has 0 spiro atoms. The van der Waals surface area contributed by atoms with Crippen LogP contribution >= 0.6 is 0 Å². The van der Waals surface area contributed by atoms with Crippen LogP contribution in [-0.2, 0) is 6.42 Å². The maximum Gasteiger partial charge on any atom is 0.103 e. The zero-order valence-electron chi connectivity index (χ0n) is 16.2. The first-order chi connectivity index (χ1) is 13.2. The van der Waals surface area contributed by atoms with Gasteiger partial charge in [-0.1, -0.05) is 30.3 Å². The molecule has 0 radical (unpaired) electrons. The first kappa shape index (κ1) is 17.5. The number of nitrogens with zero attached hydrogens (tertiary/aromatic N) is 3. The molecule has 3 aromatic rings. The summed E-state index contributed by atoms with van der Waals surface area (Å²) >= 11 is 0. The lowest BCUT2D eigenvalue weighted by atomic mass is 9.92. The second-order valence-electron chi connectivity index (χ2n) is 7.01. The topological polar surface area (TPSA) is 28.5 Å². The molecule has 0 N–H and O–H groups in total. The summed E-state index contributed by atoms with van der Waals surface area (Å²) in [5.41, 5.74) is 8.80. The van der Waals surface area contributed by atoms with E-state index < -0.39 is 0 Å². The van der Waals surface area contributed by atoms with E-state index in [1.54, 1.807) is 0 Å². The minimum Gasteiger partial charge on any atom is -0.330 e. The lowest BCUT2D eigenvalue weighted by molar-refractivity contribution is 0.900. The van der Waals surface area contributed by atoms with Crippen molar-refractivity contribution in [2.45, 2.75) is 26.7 Å². The number of aromatic nitrogens is 1. The van der Waals surface area contributed by atoms with Crippen LogP contribution in [0.25, 0.3) is 22.3 Å². The number of aryl methyl sites for hydroxylation is 2. The molecule has 1 aliphatic heterocycles. The van der Waals surface area contributed by atoms with Gasteiger partial charge in [0.2, 0.25) is 0 Å². The van der Waals surface area contributed by atoms with Gasteiger partial charge in [-0.05, 0) is 60.7 Å². The summed E-state index contributed by atoms with van der Waals surface area (Å²) in [6.45, 7) is 5.35. The SMILES string of the molecule is CCN1C(=NC)CCc2cc(-c3cncc(-c4ccccc4)c3)cc(C)c21. The maximum atomic E-state index is 4.51. The van der Waals surface area contributed by atoms with Crippen LogP contribution in [0, 0.1) is 6.92 Å². The first-order valence-electron chi connectivity index (χ1n) is 9.58. The molecule has 0 aliphatic carbocycles. The lowest BCUT2D eigenvalue weighted by Crippen LogP contribution is -2.35. The van der Waals surface area contributed by atoms with E-state index in [0.29, 0.717) is 0 Å². The Hall–Kier alpha value is -2.94. The Balaban J connectivity index is 1.78. The van der Waals surface area contributed by atoms with Crippen molar-refractivity contribution >= 4 is 11.5 Å². The third kappa shape index (κ3) is 3.25. The van der Waals surface area contributed by atoms with Crippen LogP contribution < -0.4 is 4.90 Å². The van der Waals surface area contributed by atoms with Gasteiger partial charge in [0.05, 0.1) is 0 Å². The summed E-state index contributed by atoms with van der Waals surface area (Å²) in [7, 11) is 1.90. The third-order valence-corrected chi connectivity index (χ3v) is 5.33. The summed E-state index contributed by atoms with van der Waals surface area (Å²) in [6.07, 6.45) is 5.95. The molecule has 0 amide bonds. The zero-order valence-corrected chi connectivity index (χ0v) is 16.2. The van der Waals surface area contributed by atoms with Gasteiger partial charge in [0.15, 0.2) is 0 Å². The van der Waals surface area contributed by atoms with E-state index in [0.717, 1.165) is 24.9 Å². The van der Waals surface area contributed by atoms with E-state index in [9.17, 15) is 0 Å². The molecule has 0 atom stereocenters. The van der Waals surface area contributed by atoms with Gasteiger partial charge < -0.3 is 4.90 Å². The minimum atomic E-state index is 0.949. The Morgan fingerprint density at radius 2 is 1.67 bits per heavy atom. The van der Waals surface area contributed by atoms with Gasteiger partial charge in [-0.3, -0.25) is 9.98 Å². The lowest BCUT2D eigenvalue weighted by Gasteiger charge is -2.33. The van der Waals surface area contributed by atoms with Gasteiger partial charge in [0, 0.05) is 49.2 Å². The predicted molar refractivity (Wildman–Crippen MR) is 115 cm³/mol. The summed E-state index contributed by atoms with van der Waals surface area (Å²) in [4.78, 5) is 11.4. The van der Waals surface area contributed by atoms with Crippen molar-refractivity contribution in [3.8, 4) is 22.3 Å². The van der Waals surface area contributed by atoms with Crippen LogP contribution in [0.2, 0.25) is 0 Å². The van der Waals surface area contributed by atoms with Gasteiger partial charge >= 0.3 is 0 Å². The Kier molecular flexibility index (Phi) is 4.76. The number of pyridine rings is 1. The maximum absolute atomic E-state index is 4.51. The number of hydrogen-bond acceptors (Lipinski definition) is 2. The average Bonchev–Trinajstić information content (AvgIpc) is 2.73. The molecule has 0 unspecified atom stereocenters. The molecular formula is C24H25N3. The van der Waals surface area contributed by atoms with Crippen molar-refractivity contribution in [1.82, 2.24) is 4.98 Å². The number of aliphatic imine (C=N–C) groups is 1.